The van der Waals surface area contributed by atoms with E-state index in [0.29, 0.717) is 6.54 Å². The summed E-state index contributed by atoms with van der Waals surface area (Å²) >= 11 is 0. The summed E-state index contributed by atoms with van der Waals surface area (Å²) in [6.07, 6.45) is 2.88. The zero-order chi connectivity index (χ0) is 9.19. The summed E-state index contributed by atoms with van der Waals surface area (Å²) in [6.45, 7) is 4.94. The predicted molar refractivity (Wildman–Crippen MR) is 47.7 cm³/mol. The number of rotatable bonds is 3. The normalized spacial score (nSPS) is 12.0. The van der Waals surface area contributed by atoms with Crippen molar-refractivity contribution in [1.82, 2.24) is 15.0 Å². The van der Waals surface area contributed by atoms with Crippen molar-refractivity contribution in [2.45, 2.75) is 25.7 Å². The highest BCUT2D eigenvalue weighted by Crippen LogP contribution is 2.23. The monoisotopic (exact) mass is 168 g/mol. The van der Waals surface area contributed by atoms with Gasteiger partial charge in [0.1, 0.15) is 0 Å². The van der Waals surface area contributed by atoms with E-state index in [4.69, 9.17) is 5.73 Å². The number of nitrogens with two attached hydrogens (primary N) is 1. The van der Waals surface area contributed by atoms with Crippen molar-refractivity contribution in [2.75, 3.05) is 6.54 Å². The van der Waals surface area contributed by atoms with E-state index in [-0.39, 0.29) is 5.41 Å². The summed E-state index contributed by atoms with van der Waals surface area (Å²) in [5, 5.41) is 7.95. The lowest BCUT2D eigenvalue weighted by atomic mass is 9.86. The minimum Gasteiger partial charge on any atom is -0.330 e. The standard InChI is InChI=1S/C8H16N4/c1-8(2,4-5-9)7-6-12(3)11-10-7/h6H,4-5,9H2,1-3H3. The van der Waals surface area contributed by atoms with Gasteiger partial charge in [0.2, 0.25) is 0 Å². The molecule has 68 valence electrons. The second-order valence-electron chi connectivity index (χ2n) is 3.70. The zero-order valence-corrected chi connectivity index (χ0v) is 7.91. The molecule has 0 amide bonds. The summed E-state index contributed by atoms with van der Waals surface area (Å²) in [4.78, 5) is 0. The summed E-state index contributed by atoms with van der Waals surface area (Å²) in [7, 11) is 1.87. The molecule has 1 rings (SSSR count). The Balaban J connectivity index is 2.81. The predicted octanol–water partition coefficient (Wildman–Crippen LogP) is 0.441. The minimum absolute atomic E-state index is 0.0447. The lowest BCUT2D eigenvalue weighted by Gasteiger charge is -2.19. The van der Waals surface area contributed by atoms with Crippen molar-refractivity contribution in [2.24, 2.45) is 12.8 Å². The fraction of sp³-hybridized carbons (Fsp3) is 0.750. The van der Waals surface area contributed by atoms with Crippen molar-refractivity contribution < 1.29 is 0 Å². The number of aromatic nitrogens is 3. The highest BCUT2D eigenvalue weighted by atomic mass is 15.4. The first kappa shape index (κ1) is 9.19. The van der Waals surface area contributed by atoms with Crippen LogP contribution < -0.4 is 5.73 Å². The molecule has 0 saturated carbocycles. The molecule has 1 heterocycles. The van der Waals surface area contributed by atoms with E-state index in [2.05, 4.69) is 24.2 Å². The number of aryl methyl sites for hydroxylation is 1. The molecule has 12 heavy (non-hydrogen) atoms. The second kappa shape index (κ2) is 3.23. The summed E-state index contributed by atoms with van der Waals surface area (Å²) < 4.78 is 1.72. The van der Waals surface area contributed by atoms with Gasteiger partial charge in [0, 0.05) is 18.7 Å². The van der Waals surface area contributed by atoms with Crippen LogP contribution in [0.1, 0.15) is 26.0 Å². The third-order valence-electron chi connectivity index (χ3n) is 2.07. The van der Waals surface area contributed by atoms with Crippen LogP contribution in [0.4, 0.5) is 0 Å². The topological polar surface area (TPSA) is 56.7 Å². The van der Waals surface area contributed by atoms with Gasteiger partial charge in [0.25, 0.3) is 0 Å². The van der Waals surface area contributed by atoms with Gasteiger partial charge in [-0.2, -0.15) is 0 Å². The molecule has 0 aliphatic heterocycles. The summed E-state index contributed by atoms with van der Waals surface area (Å²) in [5.41, 5.74) is 6.56. The molecule has 4 nitrogen and oxygen atoms in total. The molecular formula is C8H16N4. The second-order valence-corrected chi connectivity index (χ2v) is 3.70. The summed E-state index contributed by atoms with van der Waals surface area (Å²) in [5.74, 6) is 0. The van der Waals surface area contributed by atoms with Crippen molar-refractivity contribution in [3.05, 3.63) is 11.9 Å². The van der Waals surface area contributed by atoms with E-state index in [1.165, 1.54) is 0 Å². The Bertz CT molecular complexity index is 251. The van der Waals surface area contributed by atoms with E-state index in [0.717, 1.165) is 12.1 Å². The van der Waals surface area contributed by atoms with Gasteiger partial charge in [0.05, 0.1) is 5.69 Å². The maximum absolute atomic E-state index is 5.50. The van der Waals surface area contributed by atoms with Crippen molar-refractivity contribution in [3.8, 4) is 0 Å². The minimum atomic E-state index is 0.0447. The van der Waals surface area contributed by atoms with Crippen LogP contribution in [0.5, 0.6) is 0 Å². The van der Waals surface area contributed by atoms with Crippen LogP contribution in [0.3, 0.4) is 0 Å². The van der Waals surface area contributed by atoms with Crippen molar-refractivity contribution in [1.29, 1.82) is 0 Å². The molecular weight excluding hydrogens is 152 g/mol. The van der Waals surface area contributed by atoms with Crippen LogP contribution in [0.2, 0.25) is 0 Å². The Morgan fingerprint density at radius 1 is 1.58 bits per heavy atom. The largest absolute Gasteiger partial charge is 0.330 e. The number of hydrogen-bond acceptors (Lipinski definition) is 3. The molecule has 0 aliphatic rings. The molecule has 0 atom stereocenters. The van der Waals surface area contributed by atoms with E-state index in [9.17, 15) is 0 Å². The first-order chi connectivity index (χ1) is 5.56. The highest BCUT2D eigenvalue weighted by molar-refractivity contribution is 5.08. The first-order valence-electron chi connectivity index (χ1n) is 4.13. The molecule has 0 bridgehead atoms. The smallest absolute Gasteiger partial charge is 0.0883 e. The van der Waals surface area contributed by atoms with Crippen LogP contribution in [-0.2, 0) is 12.5 Å². The fourth-order valence-corrected chi connectivity index (χ4v) is 1.15. The quantitative estimate of drug-likeness (QED) is 0.712. The Labute approximate surface area is 72.8 Å². The molecule has 0 spiro atoms. The Morgan fingerprint density at radius 3 is 2.67 bits per heavy atom. The van der Waals surface area contributed by atoms with Crippen LogP contribution in [-0.4, -0.2) is 21.5 Å². The van der Waals surface area contributed by atoms with Gasteiger partial charge in [-0.25, -0.2) is 0 Å². The van der Waals surface area contributed by atoms with Gasteiger partial charge in [-0.05, 0) is 13.0 Å². The van der Waals surface area contributed by atoms with Crippen molar-refractivity contribution in [3.63, 3.8) is 0 Å². The Morgan fingerprint density at radius 2 is 2.25 bits per heavy atom. The molecule has 0 aromatic carbocycles. The maximum atomic E-state index is 5.50. The van der Waals surface area contributed by atoms with Gasteiger partial charge >= 0.3 is 0 Å². The molecule has 0 aliphatic carbocycles. The SMILES string of the molecule is Cn1cc(C(C)(C)CCN)nn1. The molecule has 0 radical (unpaired) electrons. The van der Waals surface area contributed by atoms with Gasteiger partial charge in [-0.1, -0.05) is 19.1 Å². The van der Waals surface area contributed by atoms with E-state index in [1.54, 1.807) is 4.68 Å². The Kier molecular flexibility index (Phi) is 2.47. The van der Waals surface area contributed by atoms with Gasteiger partial charge in [-0.15, -0.1) is 5.10 Å². The van der Waals surface area contributed by atoms with Crippen molar-refractivity contribution >= 4 is 0 Å². The van der Waals surface area contributed by atoms with Gasteiger partial charge in [0.15, 0.2) is 0 Å². The molecule has 0 unspecified atom stereocenters. The molecule has 4 heteroatoms. The van der Waals surface area contributed by atoms with Crippen LogP contribution in [0.25, 0.3) is 0 Å². The third-order valence-corrected chi connectivity index (χ3v) is 2.07. The average molecular weight is 168 g/mol. The van der Waals surface area contributed by atoms with Crippen LogP contribution >= 0.6 is 0 Å². The average Bonchev–Trinajstić information content (AvgIpc) is 2.36. The lowest BCUT2D eigenvalue weighted by Crippen LogP contribution is -2.22. The lowest BCUT2D eigenvalue weighted by molar-refractivity contribution is 0.472. The molecule has 0 saturated heterocycles. The fourth-order valence-electron chi connectivity index (χ4n) is 1.15. The summed E-state index contributed by atoms with van der Waals surface area (Å²) in [6, 6.07) is 0. The number of hydrogen-bond donors (Lipinski definition) is 1. The maximum Gasteiger partial charge on any atom is 0.0883 e. The Hall–Kier alpha value is -0.900. The van der Waals surface area contributed by atoms with E-state index < -0.39 is 0 Å². The molecule has 1 aromatic heterocycles. The highest BCUT2D eigenvalue weighted by Gasteiger charge is 2.22. The van der Waals surface area contributed by atoms with Crippen LogP contribution in [0, 0.1) is 0 Å². The number of nitrogens with zero attached hydrogens (tertiary/aromatic N) is 3. The third kappa shape index (κ3) is 1.82. The van der Waals surface area contributed by atoms with E-state index in [1.807, 2.05) is 13.2 Å². The molecule has 0 fully saturated rings. The first-order valence-corrected chi connectivity index (χ1v) is 4.13. The van der Waals surface area contributed by atoms with E-state index >= 15 is 0 Å². The molecule has 2 N–H and O–H groups in total. The zero-order valence-electron chi connectivity index (χ0n) is 7.91. The van der Waals surface area contributed by atoms with Gasteiger partial charge < -0.3 is 5.73 Å². The molecule has 1 aromatic rings. The van der Waals surface area contributed by atoms with Crippen LogP contribution in [0.15, 0.2) is 6.20 Å². The van der Waals surface area contributed by atoms with Gasteiger partial charge in [-0.3, -0.25) is 4.68 Å².